The summed E-state index contributed by atoms with van der Waals surface area (Å²) < 4.78 is 0. The van der Waals surface area contributed by atoms with Crippen molar-refractivity contribution < 1.29 is 0 Å². The molecule has 0 fully saturated rings. The maximum Gasteiger partial charge on any atom is 0.0916 e. The summed E-state index contributed by atoms with van der Waals surface area (Å²) in [7, 11) is 0. The average Bonchev–Trinajstić information content (AvgIpc) is 2.57. The van der Waals surface area contributed by atoms with Crippen LogP contribution in [-0.2, 0) is 0 Å². The fraction of sp³-hybridized carbons (Fsp3) is 0.111. The van der Waals surface area contributed by atoms with Gasteiger partial charge in [-0.05, 0) is 12.1 Å². The van der Waals surface area contributed by atoms with E-state index in [2.05, 4.69) is 10.2 Å². The summed E-state index contributed by atoms with van der Waals surface area (Å²) in [4.78, 5) is 2.06. The van der Waals surface area contributed by atoms with Crippen molar-refractivity contribution in [2.75, 3.05) is 11.6 Å². The highest BCUT2D eigenvalue weighted by Gasteiger charge is 2.08. The summed E-state index contributed by atoms with van der Waals surface area (Å²) in [6.07, 6.45) is 3.88. The molecule has 0 aromatic heterocycles. The molecule has 0 unspecified atom stereocenters. The number of nitrogens with one attached hydrogen (secondary N) is 1. The van der Waals surface area contributed by atoms with Gasteiger partial charge in [-0.15, -0.1) is 0 Å². The first-order valence-electron chi connectivity index (χ1n) is 3.79. The van der Waals surface area contributed by atoms with E-state index in [4.69, 9.17) is 11.6 Å². The van der Waals surface area contributed by atoms with Gasteiger partial charge in [-0.25, -0.2) is 0 Å². The zero-order valence-corrected chi connectivity index (χ0v) is 7.25. The molecule has 1 aliphatic heterocycles. The third kappa shape index (κ3) is 1.25. The molecule has 0 aliphatic carbocycles. The van der Waals surface area contributed by atoms with Crippen LogP contribution in [0, 0.1) is 0 Å². The maximum atomic E-state index is 6.00. The standard InChI is InChI=1S/C9H9ClN2/c10-8-3-1-2-4-9(8)12-6-5-11-7-12/h1-6,11H,7H2. The van der Waals surface area contributed by atoms with E-state index in [0.717, 1.165) is 17.4 Å². The molecule has 1 aromatic carbocycles. The van der Waals surface area contributed by atoms with Crippen molar-refractivity contribution in [3.8, 4) is 0 Å². The van der Waals surface area contributed by atoms with E-state index in [1.54, 1.807) is 0 Å². The molecule has 0 saturated carbocycles. The maximum absolute atomic E-state index is 6.00. The Bertz CT molecular complexity index is 309. The Labute approximate surface area is 76.4 Å². The van der Waals surface area contributed by atoms with Crippen molar-refractivity contribution in [1.29, 1.82) is 0 Å². The number of nitrogens with zero attached hydrogens (tertiary/aromatic N) is 1. The molecule has 12 heavy (non-hydrogen) atoms. The molecule has 0 radical (unpaired) electrons. The van der Waals surface area contributed by atoms with Gasteiger partial charge in [-0.1, -0.05) is 23.7 Å². The van der Waals surface area contributed by atoms with Gasteiger partial charge in [0.1, 0.15) is 0 Å². The highest BCUT2D eigenvalue weighted by atomic mass is 35.5. The molecule has 2 rings (SSSR count). The van der Waals surface area contributed by atoms with E-state index in [1.165, 1.54) is 0 Å². The second-order valence-electron chi connectivity index (χ2n) is 2.60. The van der Waals surface area contributed by atoms with Crippen LogP contribution < -0.4 is 10.2 Å². The number of hydrogen-bond donors (Lipinski definition) is 1. The van der Waals surface area contributed by atoms with Crippen LogP contribution in [0.2, 0.25) is 5.02 Å². The second kappa shape index (κ2) is 3.07. The highest BCUT2D eigenvalue weighted by Crippen LogP contribution is 2.25. The Morgan fingerprint density at radius 1 is 1.33 bits per heavy atom. The SMILES string of the molecule is Clc1ccccc1N1C=CNC1. The van der Waals surface area contributed by atoms with Crippen LogP contribution in [0.1, 0.15) is 0 Å². The molecule has 1 N–H and O–H groups in total. The summed E-state index contributed by atoms with van der Waals surface area (Å²) in [5, 5.41) is 3.87. The predicted octanol–water partition coefficient (Wildman–Crippen LogP) is 2.18. The van der Waals surface area contributed by atoms with Gasteiger partial charge in [-0.3, -0.25) is 0 Å². The number of anilines is 1. The van der Waals surface area contributed by atoms with E-state index >= 15 is 0 Å². The fourth-order valence-corrected chi connectivity index (χ4v) is 1.44. The summed E-state index contributed by atoms with van der Waals surface area (Å²) in [5.41, 5.74) is 1.04. The monoisotopic (exact) mass is 180 g/mol. The van der Waals surface area contributed by atoms with Crippen molar-refractivity contribution in [2.45, 2.75) is 0 Å². The smallest absolute Gasteiger partial charge is 0.0916 e. The quantitative estimate of drug-likeness (QED) is 0.713. The Balaban J connectivity index is 2.33. The Morgan fingerprint density at radius 3 is 2.83 bits per heavy atom. The Kier molecular flexibility index (Phi) is 1.92. The van der Waals surface area contributed by atoms with Crippen LogP contribution in [0.25, 0.3) is 0 Å². The third-order valence-electron chi connectivity index (χ3n) is 1.80. The van der Waals surface area contributed by atoms with Crippen molar-refractivity contribution in [3.63, 3.8) is 0 Å². The molecule has 0 bridgehead atoms. The minimum absolute atomic E-state index is 0.783. The first-order valence-corrected chi connectivity index (χ1v) is 4.17. The van der Waals surface area contributed by atoms with Crippen LogP contribution in [0.4, 0.5) is 5.69 Å². The highest BCUT2D eigenvalue weighted by molar-refractivity contribution is 6.33. The van der Waals surface area contributed by atoms with Crippen LogP contribution >= 0.6 is 11.6 Å². The summed E-state index contributed by atoms with van der Waals surface area (Å²) in [6, 6.07) is 7.80. The number of hydrogen-bond acceptors (Lipinski definition) is 2. The van der Waals surface area contributed by atoms with Crippen LogP contribution in [0.5, 0.6) is 0 Å². The minimum atomic E-state index is 0.783. The van der Waals surface area contributed by atoms with Crippen molar-refractivity contribution in [3.05, 3.63) is 41.7 Å². The molecule has 0 saturated heterocycles. The molecule has 0 atom stereocenters. The van der Waals surface area contributed by atoms with Gasteiger partial charge in [0, 0.05) is 12.4 Å². The second-order valence-corrected chi connectivity index (χ2v) is 3.01. The van der Waals surface area contributed by atoms with Gasteiger partial charge >= 0.3 is 0 Å². The molecule has 1 aromatic rings. The van der Waals surface area contributed by atoms with Crippen LogP contribution in [0.3, 0.4) is 0 Å². The Hall–Kier alpha value is -1.15. The lowest BCUT2D eigenvalue weighted by Gasteiger charge is -2.15. The topological polar surface area (TPSA) is 15.3 Å². The lowest BCUT2D eigenvalue weighted by Crippen LogP contribution is -2.19. The van der Waals surface area contributed by atoms with Crippen LogP contribution in [0.15, 0.2) is 36.7 Å². The lowest BCUT2D eigenvalue weighted by atomic mass is 10.3. The minimum Gasteiger partial charge on any atom is -0.372 e. The first kappa shape index (κ1) is 7.50. The predicted molar refractivity (Wildman–Crippen MR) is 51.1 cm³/mol. The number of halogens is 1. The van der Waals surface area contributed by atoms with Gasteiger partial charge in [-0.2, -0.15) is 0 Å². The first-order chi connectivity index (χ1) is 5.88. The van der Waals surface area contributed by atoms with Gasteiger partial charge in [0.15, 0.2) is 0 Å². The van der Waals surface area contributed by atoms with E-state index in [1.807, 2.05) is 36.7 Å². The molecule has 3 heteroatoms. The molecule has 62 valence electrons. The molecule has 2 nitrogen and oxygen atoms in total. The van der Waals surface area contributed by atoms with Crippen molar-refractivity contribution in [2.24, 2.45) is 0 Å². The molecule has 1 heterocycles. The fourth-order valence-electron chi connectivity index (χ4n) is 1.20. The number of para-hydroxylation sites is 1. The van der Waals surface area contributed by atoms with E-state index in [9.17, 15) is 0 Å². The van der Waals surface area contributed by atoms with Crippen molar-refractivity contribution in [1.82, 2.24) is 5.32 Å². The zero-order chi connectivity index (χ0) is 8.39. The molecule has 0 amide bonds. The van der Waals surface area contributed by atoms with E-state index < -0.39 is 0 Å². The normalized spacial score (nSPS) is 14.9. The lowest BCUT2D eigenvalue weighted by molar-refractivity contribution is 0.901. The third-order valence-corrected chi connectivity index (χ3v) is 2.12. The zero-order valence-electron chi connectivity index (χ0n) is 6.50. The molecule has 1 aliphatic rings. The van der Waals surface area contributed by atoms with Crippen LogP contribution in [-0.4, -0.2) is 6.67 Å². The number of rotatable bonds is 1. The summed E-state index contributed by atoms with van der Waals surface area (Å²) in [6.45, 7) is 0.795. The van der Waals surface area contributed by atoms with E-state index in [0.29, 0.717) is 0 Å². The van der Waals surface area contributed by atoms with E-state index in [-0.39, 0.29) is 0 Å². The van der Waals surface area contributed by atoms with Gasteiger partial charge in [0.25, 0.3) is 0 Å². The summed E-state index contributed by atoms with van der Waals surface area (Å²) in [5.74, 6) is 0. The van der Waals surface area contributed by atoms with Gasteiger partial charge in [0.05, 0.1) is 17.4 Å². The van der Waals surface area contributed by atoms with Gasteiger partial charge < -0.3 is 10.2 Å². The summed E-state index contributed by atoms with van der Waals surface area (Å²) >= 11 is 6.00. The molecule has 0 spiro atoms. The molecular weight excluding hydrogens is 172 g/mol. The van der Waals surface area contributed by atoms with Crippen molar-refractivity contribution >= 4 is 17.3 Å². The molecular formula is C9H9ClN2. The largest absolute Gasteiger partial charge is 0.372 e. The average molecular weight is 181 g/mol. The van der Waals surface area contributed by atoms with Gasteiger partial charge in [0.2, 0.25) is 0 Å². The Morgan fingerprint density at radius 2 is 2.17 bits per heavy atom. The number of benzene rings is 1.